The van der Waals surface area contributed by atoms with Crippen molar-refractivity contribution < 1.29 is 14.6 Å². The minimum atomic E-state index is -1.26. The maximum absolute atomic E-state index is 12.6. The highest BCUT2D eigenvalue weighted by molar-refractivity contribution is 6.76. The second-order valence-corrected chi connectivity index (χ2v) is 15.1. The van der Waals surface area contributed by atoms with Gasteiger partial charge in [0.2, 0.25) is 0 Å². The number of carbonyl (C=O) groups excluding carboxylic acids is 1. The maximum Gasteiger partial charge on any atom is 0.410 e. The van der Waals surface area contributed by atoms with E-state index in [-0.39, 0.29) is 18.7 Å². The van der Waals surface area contributed by atoms with Crippen molar-refractivity contribution >= 4 is 20.2 Å². The lowest BCUT2D eigenvalue weighted by molar-refractivity contribution is 0.0423. The van der Waals surface area contributed by atoms with Crippen LogP contribution in [0, 0.1) is 0 Å². The summed E-state index contributed by atoms with van der Waals surface area (Å²) in [6.07, 6.45) is 1.97. The van der Waals surface area contributed by atoms with E-state index in [1.54, 1.807) is 4.90 Å². The van der Waals surface area contributed by atoms with E-state index in [0.29, 0.717) is 13.0 Å². The maximum atomic E-state index is 12.6. The zero-order chi connectivity index (χ0) is 21.9. The molecule has 1 aliphatic rings. The quantitative estimate of drug-likeness (QED) is 0.602. The van der Waals surface area contributed by atoms with Gasteiger partial charge in [0.25, 0.3) is 0 Å². The predicted octanol–water partition coefficient (Wildman–Crippen LogP) is 5.75. The Balaban J connectivity index is 1.77. The molecule has 1 aliphatic heterocycles. The van der Waals surface area contributed by atoms with E-state index in [4.69, 9.17) is 4.74 Å². The molecule has 30 heavy (non-hydrogen) atoms. The van der Waals surface area contributed by atoms with Crippen LogP contribution < -0.4 is 0 Å². The molecule has 1 amide bonds. The van der Waals surface area contributed by atoms with Gasteiger partial charge in [0.15, 0.2) is 0 Å². The summed E-state index contributed by atoms with van der Waals surface area (Å²) >= 11 is 0. The molecule has 5 heteroatoms. The Morgan fingerprint density at radius 2 is 1.97 bits per heavy atom. The Kier molecular flexibility index (Phi) is 6.53. The zero-order valence-electron chi connectivity index (χ0n) is 18.5. The van der Waals surface area contributed by atoms with Crippen molar-refractivity contribution in [3.8, 4) is 11.1 Å². The SMILES string of the molecule is C=Cc1cc([C@]2(O)C[C@@H](C)N(C(=O)OCC[Si](C)(C)C)C2)ccc1-c1ccccc1. The third kappa shape index (κ3) is 5.02. The third-order valence-corrected chi connectivity index (χ3v) is 7.51. The number of β-amino-alcohol motifs (C(OH)–C–C–N with tert-alkyl or cyclic N) is 1. The fourth-order valence-electron chi connectivity index (χ4n) is 3.98. The molecule has 1 saturated heterocycles. The lowest BCUT2D eigenvalue weighted by Gasteiger charge is -2.25. The van der Waals surface area contributed by atoms with Crippen LogP contribution in [0.5, 0.6) is 0 Å². The fourth-order valence-corrected chi connectivity index (χ4v) is 4.70. The van der Waals surface area contributed by atoms with Crippen LogP contribution in [0.2, 0.25) is 25.7 Å². The van der Waals surface area contributed by atoms with E-state index in [9.17, 15) is 9.90 Å². The largest absolute Gasteiger partial charge is 0.450 e. The van der Waals surface area contributed by atoms with Gasteiger partial charge < -0.3 is 14.7 Å². The van der Waals surface area contributed by atoms with E-state index in [1.165, 1.54) is 0 Å². The lowest BCUT2D eigenvalue weighted by atomic mass is 9.87. The number of hydrogen-bond acceptors (Lipinski definition) is 3. The zero-order valence-corrected chi connectivity index (χ0v) is 19.5. The van der Waals surface area contributed by atoms with Gasteiger partial charge in [-0.1, -0.05) is 74.8 Å². The highest BCUT2D eigenvalue weighted by Gasteiger charge is 2.44. The Morgan fingerprint density at radius 1 is 1.27 bits per heavy atom. The number of hydrogen-bond donors (Lipinski definition) is 1. The van der Waals surface area contributed by atoms with Crippen molar-refractivity contribution in [2.24, 2.45) is 0 Å². The molecule has 0 unspecified atom stereocenters. The summed E-state index contributed by atoms with van der Waals surface area (Å²) in [4.78, 5) is 14.3. The minimum Gasteiger partial charge on any atom is -0.450 e. The van der Waals surface area contributed by atoms with Crippen LogP contribution in [-0.2, 0) is 10.3 Å². The predicted molar refractivity (Wildman–Crippen MR) is 126 cm³/mol. The van der Waals surface area contributed by atoms with Gasteiger partial charge >= 0.3 is 6.09 Å². The monoisotopic (exact) mass is 423 g/mol. The van der Waals surface area contributed by atoms with Crippen LogP contribution in [0.1, 0.15) is 24.5 Å². The highest BCUT2D eigenvalue weighted by Crippen LogP contribution is 2.38. The number of ether oxygens (including phenoxy) is 1. The van der Waals surface area contributed by atoms with Gasteiger partial charge in [-0.05, 0) is 41.3 Å². The number of carbonyl (C=O) groups is 1. The van der Waals surface area contributed by atoms with Crippen LogP contribution in [0.4, 0.5) is 4.79 Å². The summed E-state index contributed by atoms with van der Waals surface area (Å²) < 4.78 is 5.52. The Morgan fingerprint density at radius 3 is 2.60 bits per heavy atom. The molecule has 0 radical (unpaired) electrons. The molecular weight excluding hydrogens is 390 g/mol. The van der Waals surface area contributed by atoms with Crippen LogP contribution >= 0.6 is 0 Å². The molecule has 1 heterocycles. The van der Waals surface area contributed by atoms with Gasteiger partial charge in [0.1, 0.15) is 5.60 Å². The van der Waals surface area contributed by atoms with Crippen molar-refractivity contribution in [1.82, 2.24) is 4.90 Å². The van der Waals surface area contributed by atoms with Crippen LogP contribution in [0.15, 0.2) is 55.1 Å². The van der Waals surface area contributed by atoms with Gasteiger partial charge in [-0.2, -0.15) is 0 Å². The molecule has 0 saturated carbocycles. The van der Waals surface area contributed by atoms with Crippen LogP contribution in [0.25, 0.3) is 17.2 Å². The van der Waals surface area contributed by atoms with E-state index >= 15 is 0 Å². The lowest BCUT2D eigenvalue weighted by Crippen LogP contribution is -2.37. The topological polar surface area (TPSA) is 49.8 Å². The Hall–Kier alpha value is -2.37. The number of amides is 1. The minimum absolute atomic E-state index is 0.0876. The molecule has 1 fully saturated rings. The average molecular weight is 424 g/mol. The summed E-state index contributed by atoms with van der Waals surface area (Å²) in [5.41, 5.74) is 2.87. The first-order chi connectivity index (χ1) is 14.1. The van der Waals surface area contributed by atoms with Crippen molar-refractivity contribution in [3.63, 3.8) is 0 Å². The van der Waals surface area contributed by atoms with E-state index < -0.39 is 13.7 Å². The molecule has 0 aromatic heterocycles. The standard InChI is InChI=1S/C25H33NO3Si/c1-6-20-16-22(12-13-23(20)21-10-8-7-9-11-21)25(28)17-19(2)26(18-25)24(27)29-14-15-30(3,4)5/h6-13,16,19,28H,1,14-15,17-18H2,2-5H3/t19-,25+/m1/s1. The molecule has 0 bridgehead atoms. The number of benzene rings is 2. The molecule has 4 nitrogen and oxygen atoms in total. The molecule has 0 aliphatic carbocycles. The third-order valence-electron chi connectivity index (χ3n) is 5.80. The number of nitrogens with zero attached hydrogens (tertiary/aromatic N) is 1. The second kappa shape index (κ2) is 8.78. The van der Waals surface area contributed by atoms with Gasteiger partial charge in [-0.3, -0.25) is 0 Å². The molecule has 2 aromatic carbocycles. The summed E-state index contributed by atoms with van der Waals surface area (Å²) in [7, 11) is -1.26. The van der Waals surface area contributed by atoms with Crippen molar-refractivity contribution in [2.45, 2.75) is 50.7 Å². The van der Waals surface area contributed by atoms with Crippen LogP contribution in [0.3, 0.4) is 0 Å². The first-order valence-electron chi connectivity index (χ1n) is 10.6. The van der Waals surface area contributed by atoms with Crippen LogP contribution in [-0.4, -0.2) is 43.4 Å². The Labute approximate surface area is 181 Å². The summed E-state index contributed by atoms with van der Waals surface area (Å²) in [6, 6.07) is 17.0. The highest BCUT2D eigenvalue weighted by atomic mass is 28.3. The molecule has 160 valence electrons. The number of aliphatic hydroxyl groups is 1. The van der Waals surface area contributed by atoms with Gasteiger partial charge in [0, 0.05) is 20.5 Å². The van der Waals surface area contributed by atoms with Gasteiger partial charge in [0.05, 0.1) is 13.2 Å². The Bertz CT molecular complexity index is 906. The van der Waals surface area contributed by atoms with Crippen molar-refractivity contribution in [2.75, 3.05) is 13.2 Å². The molecular formula is C25H33NO3Si. The summed E-state index contributed by atoms with van der Waals surface area (Å²) in [5.74, 6) is 0. The molecule has 2 atom stereocenters. The van der Waals surface area contributed by atoms with E-state index in [2.05, 4.69) is 38.4 Å². The van der Waals surface area contributed by atoms with E-state index in [0.717, 1.165) is 28.3 Å². The van der Waals surface area contributed by atoms with Crippen molar-refractivity contribution in [3.05, 3.63) is 66.2 Å². The second-order valence-electron chi connectivity index (χ2n) is 9.51. The summed E-state index contributed by atoms with van der Waals surface area (Å²) in [6.45, 7) is 13.4. The summed E-state index contributed by atoms with van der Waals surface area (Å²) in [5, 5.41) is 11.4. The van der Waals surface area contributed by atoms with Crippen molar-refractivity contribution in [1.29, 1.82) is 0 Å². The normalized spacial score (nSPS) is 21.5. The molecule has 3 rings (SSSR count). The smallest absolute Gasteiger partial charge is 0.410 e. The first-order valence-corrected chi connectivity index (χ1v) is 14.3. The fraction of sp³-hybridized carbons (Fsp3) is 0.400. The van der Waals surface area contributed by atoms with Gasteiger partial charge in [-0.15, -0.1) is 0 Å². The van der Waals surface area contributed by atoms with Gasteiger partial charge in [-0.25, -0.2) is 4.79 Å². The molecule has 2 aromatic rings. The first kappa shape index (κ1) is 22.3. The number of rotatable bonds is 6. The van der Waals surface area contributed by atoms with E-state index in [1.807, 2.05) is 49.4 Å². The average Bonchev–Trinajstić information content (AvgIpc) is 3.02. The number of likely N-dealkylation sites (tertiary alicyclic amines) is 1. The molecule has 0 spiro atoms. The molecule has 1 N–H and O–H groups in total.